The van der Waals surface area contributed by atoms with E-state index in [0.29, 0.717) is 36.2 Å². The maximum absolute atomic E-state index is 13.1. The van der Waals surface area contributed by atoms with Crippen LogP contribution < -0.4 is 4.90 Å². The lowest BCUT2D eigenvalue weighted by Gasteiger charge is -2.34. The van der Waals surface area contributed by atoms with Crippen molar-refractivity contribution >= 4 is 17.4 Å². The molecule has 0 saturated carbocycles. The summed E-state index contributed by atoms with van der Waals surface area (Å²) in [6, 6.07) is 14.6. The predicted molar refractivity (Wildman–Crippen MR) is 95.5 cm³/mol. The first kappa shape index (κ1) is 15.8. The number of carbonyl (C=O) groups excluding carboxylic acids is 2. The molecule has 2 aromatic carbocycles. The zero-order valence-electron chi connectivity index (χ0n) is 13.8. The van der Waals surface area contributed by atoms with Crippen molar-refractivity contribution in [2.45, 2.75) is 18.4 Å². The maximum atomic E-state index is 13.1. The molecule has 1 aliphatic carbocycles. The van der Waals surface area contributed by atoms with Crippen molar-refractivity contribution in [2.75, 3.05) is 11.4 Å². The number of aliphatic hydroxyl groups is 1. The van der Waals surface area contributed by atoms with Crippen LogP contribution in [0.4, 0.5) is 5.69 Å². The van der Waals surface area contributed by atoms with E-state index in [0.717, 1.165) is 5.56 Å². The van der Waals surface area contributed by atoms with Gasteiger partial charge in [0.25, 0.3) is 5.91 Å². The number of amides is 1. The van der Waals surface area contributed by atoms with Crippen LogP contribution in [0.3, 0.4) is 0 Å². The van der Waals surface area contributed by atoms with Crippen molar-refractivity contribution in [1.29, 1.82) is 0 Å². The lowest BCUT2D eigenvalue weighted by Crippen LogP contribution is -2.49. The quantitative estimate of drug-likeness (QED) is 0.879. The molecular weight excluding hydrogens is 314 g/mol. The number of fused-ring (bicyclic) bond motifs is 2. The molecule has 4 heteroatoms. The highest BCUT2D eigenvalue weighted by atomic mass is 16.3. The van der Waals surface area contributed by atoms with Crippen LogP contribution in [0.1, 0.15) is 27.9 Å². The van der Waals surface area contributed by atoms with E-state index in [1.54, 1.807) is 30.3 Å². The molecule has 4 rings (SSSR count). The van der Waals surface area contributed by atoms with Gasteiger partial charge in [-0.1, -0.05) is 48.5 Å². The van der Waals surface area contributed by atoms with E-state index in [2.05, 4.69) is 6.58 Å². The standard InChI is InChI=1S/C21H19NO3/c1-2-13-22-18-10-6-5-9-16(18)21(25,20(22)24)17-12-11-14-7-3-4-8-15(14)19(17)23/h2-10,17,25H,1,11-13H2/t17-,21-/m0/s1. The number of ketones is 1. The Hall–Kier alpha value is -2.72. The molecule has 25 heavy (non-hydrogen) atoms. The first-order valence-corrected chi connectivity index (χ1v) is 8.46. The third-order valence-electron chi connectivity index (χ3n) is 5.29. The molecule has 0 aromatic heterocycles. The Labute approximate surface area is 146 Å². The SMILES string of the molecule is C=CCN1C(=O)[C@@](O)([C@H]2CCc3ccccc3C2=O)c2ccccc21. The van der Waals surface area contributed by atoms with E-state index in [4.69, 9.17) is 0 Å². The van der Waals surface area contributed by atoms with Crippen molar-refractivity contribution in [2.24, 2.45) is 5.92 Å². The summed E-state index contributed by atoms with van der Waals surface area (Å²) in [6.07, 6.45) is 2.75. The average molecular weight is 333 g/mol. The highest BCUT2D eigenvalue weighted by Gasteiger charge is 2.57. The molecule has 1 amide bonds. The number of carbonyl (C=O) groups is 2. The highest BCUT2D eigenvalue weighted by Crippen LogP contribution is 2.48. The molecule has 0 fully saturated rings. The summed E-state index contributed by atoms with van der Waals surface area (Å²) < 4.78 is 0. The second kappa shape index (κ2) is 5.67. The van der Waals surface area contributed by atoms with Crippen LogP contribution >= 0.6 is 0 Å². The number of rotatable bonds is 3. The molecule has 1 heterocycles. The van der Waals surface area contributed by atoms with Crippen LogP contribution in [0.15, 0.2) is 61.2 Å². The van der Waals surface area contributed by atoms with Gasteiger partial charge < -0.3 is 10.0 Å². The second-order valence-corrected chi connectivity index (χ2v) is 6.60. The van der Waals surface area contributed by atoms with Crippen LogP contribution in [0.25, 0.3) is 0 Å². The average Bonchev–Trinajstić information content (AvgIpc) is 2.85. The molecule has 1 N–H and O–H groups in total. The van der Waals surface area contributed by atoms with Crippen molar-refractivity contribution in [1.82, 2.24) is 0 Å². The number of hydrogen-bond acceptors (Lipinski definition) is 3. The van der Waals surface area contributed by atoms with E-state index in [-0.39, 0.29) is 5.78 Å². The van der Waals surface area contributed by atoms with Crippen molar-refractivity contribution < 1.29 is 14.7 Å². The third-order valence-corrected chi connectivity index (χ3v) is 5.29. The van der Waals surface area contributed by atoms with Gasteiger partial charge in [0.1, 0.15) is 0 Å². The fraction of sp³-hybridized carbons (Fsp3) is 0.238. The normalized spacial score (nSPS) is 24.8. The van der Waals surface area contributed by atoms with E-state index in [9.17, 15) is 14.7 Å². The maximum Gasteiger partial charge on any atom is 0.264 e. The van der Waals surface area contributed by atoms with Crippen molar-refractivity contribution in [3.8, 4) is 0 Å². The third kappa shape index (κ3) is 2.11. The Morgan fingerprint density at radius 3 is 2.68 bits per heavy atom. The molecule has 2 aromatic rings. The Bertz CT molecular complexity index is 888. The fourth-order valence-electron chi connectivity index (χ4n) is 4.10. The molecule has 0 saturated heterocycles. The molecule has 2 atom stereocenters. The van der Waals surface area contributed by atoms with Gasteiger partial charge in [-0.3, -0.25) is 9.59 Å². The number of anilines is 1. The minimum atomic E-state index is -1.82. The first-order valence-electron chi connectivity index (χ1n) is 8.46. The number of hydrogen-bond donors (Lipinski definition) is 1. The van der Waals surface area contributed by atoms with E-state index in [1.807, 2.05) is 24.3 Å². The summed E-state index contributed by atoms with van der Waals surface area (Å²) in [6.45, 7) is 4.00. The van der Waals surface area contributed by atoms with Crippen LogP contribution in [0.5, 0.6) is 0 Å². The number of para-hydroxylation sites is 1. The molecule has 126 valence electrons. The summed E-state index contributed by atoms with van der Waals surface area (Å²) in [4.78, 5) is 27.7. The molecule has 0 bridgehead atoms. The first-order chi connectivity index (χ1) is 12.1. The van der Waals surface area contributed by atoms with Crippen molar-refractivity contribution in [3.63, 3.8) is 0 Å². The molecule has 0 spiro atoms. The van der Waals surface area contributed by atoms with E-state index < -0.39 is 17.4 Å². The van der Waals surface area contributed by atoms with Crippen LogP contribution in [0.2, 0.25) is 0 Å². The van der Waals surface area contributed by atoms with Gasteiger partial charge >= 0.3 is 0 Å². The summed E-state index contributed by atoms with van der Waals surface area (Å²) in [7, 11) is 0. The van der Waals surface area contributed by atoms with E-state index >= 15 is 0 Å². The van der Waals surface area contributed by atoms with Gasteiger partial charge in [-0.2, -0.15) is 0 Å². The molecule has 0 unspecified atom stereocenters. The van der Waals surface area contributed by atoms with Gasteiger partial charge in [-0.05, 0) is 24.5 Å². The largest absolute Gasteiger partial charge is 0.375 e. The summed E-state index contributed by atoms with van der Waals surface area (Å²) >= 11 is 0. The minimum absolute atomic E-state index is 0.159. The zero-order chi connectivity index (χ0) is 17.6. The number of nitrogens with zero attached hydrogens (tertiary/aromatic N) is 1. The Balaban J connectivity index is 1.83. The topological polar surface area (TPSA) is 57.6 Å². The fourth-order valence-corrected chi connectivity index (χ4v) is 4.10. The molecule has 0 radical (unpaired) electrons. The molecule has 1 aliphatic heterocycles. The Morgan fingerprint density at radius 1 is 1.16 bits per heavy atom. The summed E-state index contributed by atoms with van der Waals surface area (Å²) in [5, 5.41) is 11.5. The number of aryl methyl sites for hydroxylation is 1. The molecule has 2 aliphatic rings. The minimum Gasteiger partial charge on any atom is -0.375 e. The lowest BCUT2D eigenvalue weighted by molar-refractivity contribution is -0.140. The van der Waals surface area contributed by atoms with Crippen LogP contribution in [0, 0.1) is 5.92 Å². The van der Waals surface area contributed by atoms with Gasteiger partial charge in [0.15, 0.2) is 11.4 Å². The molecule has 4 nitrogen and oxygen atoms in total. The van der Waals surface area contributed by atoms with Gasteiger partial charge in [0.05, 0.1) is 11.6 Å². The zero-order valence-corrected chi connectivity index (χ0v) is 13.8. The van der Waals surface area contributed by atoms with Crippen LogP contribution in [-0.4, -0.2) is 23.3 Å². The van der Waals surface area contributed by atoms with Crippen LogP contribution in [-0.2, 0) is 16.8 Å². The lowest BCUT2D eigenvalue weighted by atomic mass is 9.71. The molecular formula is C21H19NO3. The van der Waals surface area contributed by atoms with Gasteiger partial charge in [0, 0.05) is 17.7 Å². The number of benzene rings is 2. The van der Waals surface area contributed by atoms with Gasteiger partial charge in [-0.15, -0.1) is 6.58 Å². The van der Waals surface area contributed by atoms with Gasteiger partial charge in [0.2, 0.25) is 0 Å². The number of Topliss-reactive ketones (excluding diaryl/α,β-unsaturated/α-hetero) is 1. The van der Waals surface area contributed by atoms with Gasteiger partial charge in [-0.25, -0.2) is 0 Å². The second-order valence-electron chi connectivity index (χ2n) is 6.60. The summed E-state index contributed by atoms with van der Waals surface area (Å²) in [5.74, 6) is -1.37. The smallest absolute Gasteiger partial charge is 0.264 e. The van der Waals surface area contributed by atoms with Crippen molar-refractivity contribution in [3.05, 3.63) is 77.9 Å². The Morgan fingerprint density at radius 2 is 1.88 bits per heavy atom. The Kier molecular flexibility index (Phi) is 3.58. The highest BCUT2D eigenvalue weighted by molar-refractivity contribution is 6.12. The van der Waals surface area contributed by atoms with E-state index in [1.165, 1.54) is 4.90 Å². The monoisotopic (exact) mass is 333 g/mol. The summed E-state index contributed by atoms with van der Waals surface area (Å²) in [5.41, 5.74) is 0.944. The predicted octanol–water partition coefficient (Wildman–Crippen LogP) is 2.85.